The van der Waals surface area contributed by atoms with Crippen molar-refractivity contribution in [1.29, 1.82) is 0 Å². The molecule has 0 atom stereocenters. The molecule has 1 aliphatic carbocycles. The van der Waals surface area contributed by atoms with E-state index >= 15 is 0 Å². The van der Waals surface area contributed by atoms with Crippen molar-refractivity contribution >= 4 is 5.82 Å². The van der Waals surface area contributed by atoms with Crippen molar-refractivity contribution in [2.45, 2.75) is 39.3 Å². The largest absolute Gasteiger partial charge is 0.353 e. The Kier molecular flexibility index (Phi) is 3.94. The van der Waals surface area contributed by atoms with Gasteiger partial charge in [0.05, 0.1) is 11.9 Å². The Balaban J connectivity index is 2.12. The molecule has 4 nitrogen and oxygen atoms in total. The maximum Gasteiger partial charge on any atom is 0.147 e. The molecule has 1 N–H and O–H groups in total. The Morgan fingerprint density at radius 2 is 2.18 bits per heavy atom. The fraction of sp³-hybridized carbons (Fsp3) is 0.692. The molecule has 0 saturated heterocycles. The van der Waals surface area contributed by atoms with Gasteiger partial charge in [-0.25, -0.2) is 4.98 Å². The van der Waals surface area contributed by atoms with Crippen LogP contribution in [0.2, 0.25) is 0 Å². The molecule has 1 aromatic rings. The molecular weight excluding hydrogens is 212 g/mol. The molecule has 0 bridgehead atoms. The maximum atomic E-state index is 4.67. The highest BCUT2D eigenvalue weighted by Gasteiger charge is 2.26. The van der Waals surface area contributed by atoms with E-state index in [1.54, 1.807) is 0 Å². The molecule has 17 heavy (non-hydrogen) atoms. The fourth-order valence-electron chi connectivity index (χ4n) is 1.95. The third kappa shape index (κ3) is 3.40. The van der Waals surface area contributed by atoms with Crippen LogP contribution >= 0.6 is 0 Å². The summed E-state index contributed by atoms with van der Waals surface area (Å²) in [6.07, 6.45) is 6.44. The Labute approximate surface area is 103 Å². The molecule has 1 aromatic heterocycles. The predicted octanol–water partition coefficient (Wildman–Crippen LogP) is 1.82. The van der Waals surface area contributed by atoms with Crippen LogP contribution in [0.4, 0.5) is 5.82 Å². The molecule has 1 fully saturated rings. The van der Waals surface area contributed by atoms with Gasteiger partial charge >= 0.3 is 0 Å². The smallest absolute Gasteiger partial charge is 0.147 e. The minimum Gasteiger partial charge on any atom is -0.353 e. The van der Waals surface area contributed by atoms with Gasteiger partial charge in [-0.2, -0.15) is 0 Å². The molecule has 0 spiro atoms. The van der Waals surface area contributed by atoms with Gasteiger partial charge in [-0.05, 0) is 39.7 Å². The van der Waals surface area contributed by atoms with Gasteiger partial charge in [0.1, 0.15) is 5.82 Å². The van der Waals surface area contributed by atoms with Crippen LogP contribution in [0.3, 0.4) is 0 Å². The van der Waals surface area contributed by atoms with Crippen LogP contribution in [0.25, 0.3) is 0 Å². The van der Waals surface area contributed by atoms with Gasteiger partial charge in [-0.15, -0.1) is 0 Å². The first kappa shape index (κ1) is 12.3. The monoisotopic (exact) mass is 234 g/mol. The fourth-order valence-corrected chi connectivity index (χ4v) is 1.95. The van der Waals surface area contributed by atoms with E-state index in [1.165, 1.54) is 12.8 Å². The lowest BCUT2D eigenvalue weighted by Crippen LogP contribution is -2.33. The van der Waals surface area contributed by atoms with Crippen molar-refractivity contribution in [3.05, 3.63) is 18.1 Å². The van der Waals surface area contributed by atoms with Crippen LogP contribution in [0.1, 0.15) is 32.4 Å². The van der Waals surface area contributed by atoms with Gasteiger partial charge < -0.3 is 10.2 Å². The summed E-state index contributed by atoms with van der Waals surface area (Å²) in [4.78, 5) is 11.3. The van der Waals surface area contributed by atoms with Crippen LogP contribution < -0.4 is 10.2 Å². The zero-order valence-corrected chi connectivity index (χ0v) is 11.0. The second-order valence-corrected chi connectivity index (χ2v) is 5.09. The van der Waals surface area contributed by atoms with Crippen molar-refractivity contribution in [3.63, 3.8) is 0 Å². The Morgan fingerprint density at radius 3 is 2.76 bits per heavy atom. The molecule has 94 valence electrons. The zero-order valence-electron chi connectivity index (χ0n) is 11.0. The van der Waals surface area contributed by atoms with Gasteiger partial charge in [0.25, 0.3) is 0 Å². The average molecular weight is 234 g/mol. The summed E-state index contributed by atoms with van der Waals surface area (Å²) >= 11 is 0. The number of hydrogen-bond donors (Lipinski definition) is 1. The summed E-state index contributed by atoms with van der Waals surface area (Å²) in [6.45, 7) is 6.33. The molecule has 0 radical (unpaired) electrons. The van der Waals surface area contributed by atoms with Gasteiger partial charge in [-0.1, -0.05) is 0 Å². The second-order valence-electron chi connectivity index (χ2n) is 5.09. The molecular formula is C13H22N4. The minimum absolute atomic E-state index is 0.481. The number of nitrogens with one attached hydrogen (secondary N) is 1. The van der Waals surface area contributed by atoms with E-state index < -0.39 is 0 Å². The molecule has 1 heterocycles. The summed E-state index contributed by atoms with van der Waals surface area (Å²) in [5.74, 6) is 1.88. The first-order chi connectivity index (χ1) is 8.20. The molecule has 2 rings (SSSR count). The maximum absolute atomic E-state index is 4.67. The van der Waals surface area contributed by atoms with Crippen LogP contribution in [0, 0.1) is 5.92 Å². The highest BCUT2D eigenvalue weighted by Crippen LogP contribution is 2.31. The number of hydrogen-bond acceptors (Lipinski definition) is 4. The summed E-state index contributed by atoms with van der Waals surface area (Å²) in [5.41, 5.74) is 1.01. The van der Waals surface area contributed by atoms with Crippen molar-refractivity contribution in [1.82, 2.24) is 15.3 Å². The normalized spacial score (nSPS) is 15.3. The van der Waals surface area contributed by atoms with E-state index in [0.717, 1.165) is 30.5 Å². The summed E-state index contributed by atoms with van der Waals surface area (Å²) in [7, 11) is 1.93. The summed E-state index contributed by atoms with van der Waals surface area (Å²) in [5, 5.41) is 3.11. The van der Waals surface area contributed by atoms with E-state index in [4.69, 9.17) is 0 Å². The van der Waals surface area contributed by atoms with Crippen molar-refractivity contribution < 1.29 is 0 Å². The summed E-state index contributed by atoms with van der Waals surface area (Å²) in [6, 6.07) is 0.481. The predicted molar refractivity (Wildman–Crippen MR) is 70.0 cm³/mol. The van der Waals surface area contributed by atoms with Crippen molar-refractivity contribution in [2.24, 2.45) is 5.92 Å². The van der Waals surface area contributed by atoms with E-state index in [-0.39, 0.29) is 0 Å². The van der Waals surface area contributed by atoms with Crippen LogP contribution in [0.15, 0.2) is 12.4 Å². The lowest BCUT2D eigenvalue weighted by Gasteiger charge is -2.27. The van der Waals surface area contributed by atoms with E-state index in [0.29, 0.717) is 6.04 Å². The highest BCUT2D eigenvalue weighted by atomic mass is 15.2. The Hall–Kier alpha value is -1.16. The third-order valence-electron chi connectivity index (χ3n) is 3.10. The zero-order chi connectivity index (χ0) is 12.3. The SMILES string of the molecule is CNCc1cncc(N(CC2CC2)C(C)C)n1. The molecule has 0 unspecified atom stereocenters. The van der Waals surface area contributed by atoms with E-state index in [2.05, 4.69) is 34.0 Å². The van der Waals surface area contributed by atoms with Crippen molar-refractivity contribution in [2.75, 3.05) is 18.5 Å². The topological polar surface area (TPSA) is 41.1 Å². The van der Waals surface area contributed by atoms with E-state index in [1.807, 2.05) is 19.4 Å². The number of aromatic nitrogens is 2. The quantitative estimate of drug-likeness (QED) is 0.815. The standard InChI is InChI=1S/C13H22N4/c1-10(2)17(9-11-4-5-11)13-8-15-7-12(16-13)6-14-3/h7-8,10-11,14H,4-6,9H2,1-3H3. The van der Waals surface area contributed by atoms with Gasteiger partial charge in [0.15, 0.2) is 0 Å². The molecule has 0 amide bonds. The van der Waals surface area contributed by atoms with Gasteiger partial charge in [0.2, 0.25) is 0 Å². The number of rotatable bonds is 6. The Bertz CT molecular complexity index is 360. The third-order valence-corrected chi connectivity index (χ3v) is 3.10. The molecule has 4 heteroatoms. The molecule has 0 aliphatic heterocycles. The first-order valence-corrected chi connectivity index (χ1v) is 6.43. The first-order valence-electron chi connectivity index (χ1n) is 6.43. The molecule has 1 saturated carbocycles. The van der Waals surface area contributed by atoms with E-state index in [9.17, 15) is 0 Å². The van der Waals surface area contributed by atoms with Crippen LogP contribution in [0.5, 0.6) is 0 Å². The van der Waals surface area contributed by atoms with Crippen LogP contribution in [-0.2, 0) is 6.54 Å². The molecule has 0 aromatic carbocycles. The van der Waals surface area contributed by atoms with Gasteiger partial charge in [-0.3, -0.25) is 4.98 Å². The highest BCUT2D eigenvalue weighted by molar-refractivity contribution is 5.37. The molecule has 1 aliphatic rings. The van der Waals surface area contributed by atoms with Crippen molar-refractivity contribution in [3.8, 4) is 0 Å². The lowest BCUT2D eigenvalue weighted by atomic mass is 10.2. The van der Waals surface area contributed by atoms with Gasteiger partial charge in [0, 0.05) is 25.3 Å². The minimum atomic E-state index is 0.481. The lowest BCUT2D eigenvalue weighted by molar-refractivity contribution is 0.631. The Morgan fingerprint density at radius 1 is 1.41 bits per heavy atom. The number of nitrogens with zero attached hydrogens (tertiary/aromatic N) is 3. The average Bonchev–Trinajstić information content (AvgIpc) is 3.10. The summed E-state index contributed by atoms with van der Waals surface area (Å²) < 4.78 is 0. The number of anilines is 1. The van der Waals surface area contributed by atoms with Crippen LogP contribution in [-0.4, -0.2) is 29.6 Å². The second kappa shape index (κ2) is 5.45.